The lowest BCUT2D eigenvalue weighted by Gasteiger charge is -2.20. The van der Waals surface area contributed by atoms with Crippen molar-refractivity contribution in [1.29, 1.82) is 5.26 Å². The van der Waals surface area contributed by atoms with Crippen LogP contribution in [0.15, 0.2) is 24.3 Å². The van der Waals surface area contributed by atoms with Crippen LogP contribution in [-0.4, -0.2) is 30.9 Å². The number of nitrogens with one attached hydrogen (secondary N) is 1. The van der Waals surface area contributed by atoms with E-state index in [-0.39, 0.29) is 5.91 Å². The smallest absolute Gasteiger partial charge is 0.225 e. The second-order valence-corrected chi connectivity index (χ2v) is 5.87. The van der Waals surface area contributed by atoms with E-state index in [4.69, 9.17) is 5.26 Å². The van der Waals surface area contributed by atoms with Gasteiger partial charge in [-0.3, -0.25) is 4.79 Å². The highest BCUT2D eigenvalue weighted by Crippen LogP contribution is 2.25. The average Bonchev–Trinajstić information content (AvgIpc) is 2.98. The minimum absolute atomic E-state index is 0.0315. The second-order valence-electron chi connectivity index (χ2n) is 5.87. The van der Waals surface area contributed by atoms with Gasteiger partial charge in [-0.15, -0.1) is 0 Å². The summed E-state index contributed by atoms with van der Waals surface area (Å²) in [6, 6.07) is 9.18. The summed E-state index contributed by atoms with van der Waals surface area (Å²) in [5.74, 6) is 0.772. The zero-order valence-electron chi connectivity index (χ0n) is 12.6. The molecule has 0 aliphatic heterocycles. The van der Waals surface area contributed by atoms with Crippen LogP contribution in [0.2, 0.25) is 0 Å². The van der Waals surface area contributed by atoms with E-state index in [9.17, 15) is 4.79 Å². The zero-order chi connectivity index (χ0) is 15.1. The SMILES string of the molecule is CN(CCC(=O)Nc1ccccc1C#N)CC1CCCC1. The molecule has 2 rings (SSSR count). The molecule has 0 heterocycles. The Bertz CT molecular complexity index is 515. The summed E-state index contributed by atoms with van der Waals surface area (Å²) in [5, 5.41) is 11.8. The molecule has 1 amide bonds. The minimum Gasteiger partial charge on any atom is -0.325 e. The quantitative estimate of drug-likeness (QED) is 0.874. The first-order valence-electron chi connectivity index (χ1n) is 7.66. The third-order valence-corrected chi connectivity index (χ3v) is 4.09. The Labute approximate surface area is 126 Å². The van der Waals surface area contributed by atoms with Crippen molar-refractivity contribution in [1.82, 2.24) is 4.90 Å². The first-order valence-corrected chi connectivity index (χ1v) is 7.66. The lowest BCUT2D eigenvalue weighted by atomic mass is 10.1. The third kappa shape index (κ3) is 4.87. The number of rotatable bonds is 6. The fourth-order valence-electron chi connectivity index (χ4n) is 2.92. The molecule has 4 heteroatoms. The Morgan fingerprint density at radius 2 is 2.10 bits per heavy atom. The van der Waals surface area contributed by atoms with Gasteiger partial charge in [0.25, 0.3) is 0 Å². The molecule has 1 aromatic carbocycles. The maximum atomic E-state index is 12.0. The summed E-state index contributed by atoms with van der Waals surface area (Å²) in [6.45, 7) is 1.85. The maximum absolute atomic E-state index is 12.0. The van der Waals surface area contributed by atoms with Crippen molar-refractivity contribution >= 4 is 11.6 Å². The fraction of sp³-hybridized carbons (Fsp3) is 0.529. The number of hydrogen-bond donors (Lipinski definition) is 1. The van der Waals surface area contributed by atoms with Gasteiger partial charge in [-0.2, -0.15) is 5.26 Å². The number of amides is 1. The van der Waals surface area contributed by atoms with Crippen molar-refractivity contribution < 1.29 is 4.79 Å². The van der Waals surface area contributed by atoms with Crippen LogP contribution in [-0.2, 0) is 4.79 Å². The molecule has 1 aromatic rings. The number of para-hydroxylation sites is 1. The number of carbonyl (C=O) groups is 1. The summed E-state index contributed by atoms with van der Waals surface area (Å²) < 4.78 is 0. The Kier molecular flexibility index (Phi) is 5.77. The zero-order valence-corrected chi connectivity index (χ0v) is 12.6. The van der Waals surface area contributed by atoms with Crippen LogP contribution in [0.25, 0.3) is 0 Å². The van der Waals surface area contributed by atoms with Gasteiger partial charge in [0.1, 0.15) is 6.07 Å². The van der Waals surface area contributed by atoms with Crippen molar-refractivity contribution in [2.24, 2.45) is 5.92 Å². The molecule has 1 aliphatic carbocycles. The number of carbonyl (C=O) groups excluding carboxylic acids is 1. The van der Waals surface area contributed by atoms with Gasteiger partial charge in [-0.1, -0.05) is 25.0 Å². The van der Waals surface area contributed by atoms with E-state index in [0.29, 0.717) is 17.7 Å². The monoisotopic (exact) mass is 285 g/mol. The van der Waals surface area contributed by atoms with Gasteiger partial charge in [0.2, 0.25) is 5.91 Å². The predicted octanol–water partition coefficient (Wildman–Crippen LogP) is 3.01. The highest BCUT2D eigenvalue weighted by atomic mass is 16.1. The van der Waals surface area contributed by atoms with Crippen LogP contribution in [0.1, 0.15) is 37.7 Å². The Morgan fingerprint density at radius 1 is 1.38 bits per heavy atom. The molecule has 1 saturated carbocycles. The van der Waals surface area contributed by atoms with E-state index in [1.807, 2.05) is 6.07 Å². The molecule has 0 bridgehead atoms. The first-order chi connectivity index (χ1) is 10.2. The third-order valence-electron chi connectivity index (χ3n) is 4.09. The molecule has 0 aromatic heterocycles. The molecular weight excluding hydrogens is 262 g/mol. The van der Waals surface area contributed by atoms with Gasteiger partial charge in [-0.05, 0) is 37.9 Å². The highest BCUT2D eigenvalue weighted by molar-refractivity contribution is 5.92. The van der Waals surface area contributed by atoms with Crippen molar-refractivity contribution in [3.63, 3.8) is 0 Å². The summed E-state index contributed by atoms with van der Waals surface area (Å²) in [7, 11) is 2.08. The lowest BCUT2D eigenvalue weighted by Crippen LogP contribution is -2.28. The van der Waals surface area contributed by atoms with Crippen LogP contribution in [0.3, 0.4) is 0 Å². The Hall–Kier alpha value is -1.86. The predicted molar refractivity (Wildman–Crippen MR) is 83.9 cm³/mol. The average molecular weight is 285 g/mol. The van der Waals surface area contributed by atoms with Crippen molar-refractivity contribution in [2.75, 3.05) is 25.5 Å². The first kappa shape index (κ1) is 15.5. The number of hydrogen-bond acceptors (Lipinski definition) is 3. The number of anilines is 1. The second kappa shape index (κ2) is 7.80. The van der Waals surface area contributed by atoms with Crippen molar-refractivity contribution in [3.8, 4) is 6.07 Å². The highest BCUT2D eigenvalue weighted by Gasteiger charge is 2.17. The van der Waals surface area contributed by atoms with Gasteiger partial charge in [-0.25, -0.2) is 0 Å². The van der Waals surface area contributed by atoms with Crippen LogP contribution in [0, 0.1) is 17.2 Å². The summed E-state index contributed by atoms with van der Waals surface area (Å²) in [6.07, 6.45) is 5.81. The fourth-order valence-corrected chi connectivity index (χ4v) is 2.92. The Morgan fingerprint density at radius 3 is 2.81 bits per heavy atom. The minimum atomic E-state index is -0.0315. The molecule has 112 valence electrons. The lowest BCUT2D eigenvalue weighted by molar-refractivity contribution is -0.116. The van der Waals surface area contributed by atoms with Gasteiger partial charge >= 0.3 is 0 Å². The van der Waals surface area contributed by atoms with Crippen LogP contribution >= 0.6 is 0 Å². The topological polar surface area (TPSA) is 56.1 Å². The van der Waals surface area contributed by atoms with Crippen molar-refractivity contribution in [3.05, 3.63) is 29.8 Å². The molecule has 0 saturated heterocycles. The number of nitriles is 1. The number of nitrogens with zero attached hydrogens (tertiary/aromatic N) is 2. The van der Waals surface area contributed by atoms with Crippen LogP contribution in [0.5, 0.6) is 0 Å². The standard InChI is InChI=1S/C17H23N3O/c1-20(13-14-6-2-3-7-14)11-10-17(21)19-16-9-5-4-8-15(16)12-18/h4-5,8-9,14H,2-3,6-7,10-11,13H2,1H3,(H,19,21). The molecule has 4 nitrogen and oxygen atoms in total. The molecule has 0 unspecified atom stereocenters. The largest absolute Gasteiger partial charge is 0.325 e. The molecule has 21 heavy (non-hydrogen) atoms. The van der Waals surface area contributed by atoms with E-state index >= 15 is 0 Å². The summed E-state index contributed by atoms with van der Waals surface area (Å²) in [5.41, 5.74) is 1.11. The summed E-state index contributed by atoms with van der Waals surface area (Å²) >= 11 is 0. The van der Waals surface area contributed by atoms with Crippen molar-refractivity contribution in [2.45, 2.75) is 32.1 Å². The Balaban J connectivity index is 1.75. The van der Waals surface area contributed by atoms with Crippen LogP contribution < -0.4 is 5.32 Å². The molecule has 1 aliphatic rings. The molecular formula is C17H23N3O. The van der Waals surface area contributed by atoms with E-state index in [1.54, 1.807) is 18.2 Å². The number of benzene rings is 1. The molecule has 0 atom stereocenters. The molecule has 0 radical (unpaired) electrons. The molecule has 1 fully saturated rings. The van der Waals surface area contributed by atoms with Crippen LogP contribution in [0.4, 0.5) is 5.69 Å². The van der Waals surface area contributed by atoms with Gasteiger partial charge in [0.05, 0.1) is 11.3 Å². The molecule has 0 spiro atoms. The van der Waals surface area contributed by atoms with Gasteiger partial charge in [0.15, 0.2) is 0 Å². The van der Waals surface area contributed by atoms with Gasteiger partial charge < -0.3 is 10.2 Å². The summed E-state index contributed by atoms with van der Waals surface area (Å²) in [4.78, 5) is 14.2. The molecule has 1 N–H and O–H groups in total. The van der Waals surface area contributed by atoms with Gasteiger partial charge in [0, 0.05) is 19.5 Å². The van der Waals surface area contributed by atoms with E-state index in [0.717, 1.165) is 19.0 Å². The maximum Gasteiger partial charge on any atom is 0.225 e. The van der Waals surface area contributed by atoms with E-state index in [2.05, 4.69) is 23.3 Å². The normalized spacial score (nSPS) is 15.1. The van der Waals surface area contributed by atoms with E-state index < -0.39 is 0 Å². The van der Waals surface area contributed by atoms with E-state index in [1.165, 1.54) is 25.7 Å².